The highest BCUT2D eigenvalue weighted by molar-refractivity contribution is 5.97. The van der Waals surface area contributed by atoms with Crippen molar-refractivity contribution in [3.05, 3.63) is 23.3 Å². The third-order valence-electron chi connectivity index (χ3n) is 4.51. The molecule has 0 radical (unpaired) electrons. The number of hydrogen-bond acceptors (Lipinski definition) is 4. The Morgan fingerprint density at radius 3 is 2.71 bits per heavy atom. The van der Waals surface area contributed by atoms with Crippen LogP contribution < -0.4 is 11.1 Å². The lowest BCUT2D eigenvalue weighted by Crippen LogP contribution is -2.26. The fourth-order valence-electron chi connectivity index (χ4n) is 3.08. The van der Waals surface area contributed by atoms with E-state index in [1.807, 2.05) is 19.1 Å². The molecule has 0 amide bonds. The van der Waals surface area contributed by atoms with Gasteiger partial charge in [0.15, 0.2) is 0 Å². The number of benzene rings is 1. The Balaban J connectivity index is 2.23. The van der Waals surface area contributed by atoms with E-state index in [9.17, 15) is 4.79 Å². The first-order chi connectivity index (χ1) is 10.0. The van der Waals surface area contributed by atoms with Crippen LogP contribution in [0.2, 0.25) is 0 Å². The van der Waals surface area contributed by atoms with Gasteiger partial charge in [-0.3, -0.25) is 0 Å². The SMILES string of the molecule is COC(=O)c1cc(NC2CCCCCC2C)cc(C)c1N. The Labute approximate surface area is 127 Å². The van der Waals surface area contributed by atoms with Gasteiger partial charge >= 0.3 is 5.97 Å². The van der Waals surface area contributed by atoms with E-state index in [2.05, 4.69) is 12.2 Å². The largest absolute Gasteiger partial charge is 0.465 e. The zero-order valence-corrected chi connectivity index (χ0v) is 13.2. The van der Waals surface area contributed by atoms with Gasteiger partial charge in [-0.1, -0.05) is 26.2 Å². The van der Waals surface area contributed by atoms with Gasteiger partial charge in [-0.15, -0.1) is 0 Å². The third kappa shape index (κ3) is 3.69. The minimum Gasteiger partial charge on any atom is -0.465 e. The number of esters is 1. The summed E-state index contributed by atoms with van der Waals surface area (Å²) in [6, 6.07) is 4.28. The van der Waals surface area contributed by atoms with E-state index < -0.39 is 0 Å². The van der Waals surface area contributed by atoms with Crippen LogP contribution in [0.3, 0.4) is 0 Å². The highest BCUT2D eigenvalue weighted by atomic mass is 16.5. The van der Waals surface area contributed by atoms with Gasteiger partial charge in [-0.2, -0.15) is 0 Å². The molecular formula is C17H26N2O2. The van der Waals surface area contributed by atoms with Crippen molar-refractivity contribution in [1.29, 1.82) is 0 Å². The van der Waals surface area contributed by atoms with Crippen LogP contribution in [0.5, 0.6) is 0 Å². The molecule has 1 aromatic rings. The van der Waals surface area contributed by atoms with Gasteiger partial charge in [0.2, 0.25) is 0 Å². The zero-order chi connectivity index (χ0) is 15.4. The van der Waals surface area contributed by atoms with Crippen molar-refractivity contribution in [1.82, 2.24) is 0 Å². The van der Waals surface area contributed by atoms with Crippen LogP contribution >= 0.6 is 0 Å². The predicted molar refractivity (Wildman–Crippen MR) is 86.6 cm³/mol. The number of ether oxygens (including phenoxy) is 1. The number of anilines is 2. The highest BCUT2D eigenvalue weighted by Gasteiger charge is 2.21. The molecule has 0 saturated heterocycles. The van der Waals surface area contributed by atoms with Crippen LogP contribution in [0.4, 0.5) is 11.4 Å². The number of aryl methyl sites for hydroxylation is 1. The van der Waals surface area contributed by atoms with Gasteiger partial charge in [-0.25, -0.2) is 4.79 Å². The standard InChI is InChI=1S/C17H26N2O2/c1-11-7-5-4-6-8-15(11)19-13-9-12(2)16(18)14(10-13)17(20)21-3/h9-11,15,19H,4-8,18H2,1-3H3. The molecule has 1 fully saturated rings. The number of nitrogens with one attached hydrogen (secondary N) is 1. The summed E-state index contributed by atoms with van der Waals surface area (Å²) in [5.41, 5.74) is 8.80. The lowest BCUT2D eigenvalue weighted by Gasteiger charge is -2.25. The Bertz CT molecular complexity index is 514. The molecular weight excluding hydrogens is 264 g/mol. The maximum atomic E-state index is 11.8. The van der Waals surface area contributed by atoms with E-state index >= 15 is 0 Å². The van der Waals surface area contributed by atoms with Crippen molar-refractivity contribution >= 4 is 17.3 Å². The first-order valence-corrected chi connectivity index (χ1v) is 7.78. The summed E-state index contributed by atoms with van der Waals surface area (Å²) in [5.74, 6) is 0.264. The molecule has 1 aliphatic rings. The number of carbonyl (C=O) groups is 1. The normalized spacial score (nSPS) is 22.4. The summed E-state index contributed by atoms with van der Waals surface area (Å²) in [6.07, 6.45) is 6.33. The molecule has 4 nitrogen and oxygen atoms in total. The first-order valence-electron chi connectivity index (χ1n) is 7.78. The van der Waals surface area contributed by atoms with Crippen molar-refractivity contribution in [2.75, 3.05) is 18.2 Å². The second-order valence-electron chi connectivity index (χ2n) is 6.11. The van der Waals surface area contributed by atoms with Crippen LogP contribution in [0.15, 0.2) is 12.1 Å². The number of nitrogen functional groups attached to an aromatic ring is 1. The molecule has 2 atom stereocenters. The Hall–Kier alpha value is -1.71. The van der Waals surface area contributed by atoms with Gasteiger partial charge in [0.05, 0.1) is 12.7 Å². The molecule has 0 aromatic heterocycles. The molecule has 0 heterocycles. The zero-order valence-electron chi connectivity index (χ0n) is 13.2. The average Bonchev–Trinajstić information content (AvgIpc) is 2.67. The summed E-state index contributed by atoms with van der Waals surface area (Å²) < 4.78 is 4.81. The number of methoxy groups -OCH3 is 1. The first kappa shape index (κ1) is 15.7. The van der Waals surface area contributed by atoms with Crippen LogP contribution in [0, 0.1) is 12.8 Å². The Kier molecular flexibility index (Phi) is 5.10. The lowest BCUT2D eigenvalue weighted by atomic mass is 9.96. The van der Waals surface area contributed by atoms with Crippen molar-refractivity contribution in [2.24, 2.45) is 5.92 Å². The maximum Gasteiger partial charge on any atom is 0.340 e. The van der Waals surface area contributed by atoms with Crippen LogP contribution in [0.25, 0.3) is 0 Å². The average molecular weight is 290 g/mol. The molecule has 3 N–H and O–H groups in total. The number of carbonyl (C=O) groups excluding carboxylic acids is 1. The summed E-state index contributed by atoms with van der Waals surface area (Å²) in [5, 5.41) is 3.59. The van der Waals surface area contributed by atoms with Gasteiger partial charge < -0.3 is 15.8 Å². The van der Waals surface area contributed by atoms with E-state index in [-0.39, 0.29) is 5.97 Å². The summed E-state index contributed by atoms with van der Waals surface area (Å²) in [6.45, 7) is 4.22. The van der Waals surface area contributed by atoms with E-state index in [0.717, 1.165) is 11.3 Å². The molecule has 2 rings (SSSR count). The second kappa shape index (κ2) is 6.83. The number of rotatable bonds is 3. The van der Waals surface area contributed by atoms with Crippen LogP contribution in [-0.4, -0.2) is 19.1 Å². The maximum absolute atomic E-state index is 11.8. The van der Waals surface area contributed by atoms with Gasteiger partial charge in [0.1, 0.15) is 0 Å². The summed E-state index contributed by atoms with van der Waals surface area (Å²) >= 11 is 0. The Morgan fingerprint density at radius 2 is 2.00 bits per heavy atom. The molecule has 116 valence electrons. The smallest absolute Gasteiger partial charge is 0.340 e. The van der Waals surface area contributed by atoms with Gasteiger partial charge in [0.25, 0.3) is 0 Å². The molecule has 2 unspecified atom stereocenters. The number of hydrogen-bond donors (Lipinski definition) is 2. The van der Waals surface area contributed by atoms with E-state index in [4.69, 9.17) is 10.5 Å². The molecule has 1 saturated carbocycles. The molecule has 0 spiro atoms. The summed E-state index contributed by atoms with van der Waals surface area (Å²) in [4.78, 5) is 11.8. The monoisotopic (exact) mass is 290 g/mol. The molecule has 0 bridgehead atoms. The van der Waals surface area contributed by atoms with Crippen molar-refractivity contribution in [2.45, 2.75) is 52.0 Å². The molecule has 1 aromatic carbocycles. The lowest BCUT2D eigenvalue weighted by molar-refractivity contribution is 0.0602. The molecule has 21 heavy (non-hydrogen) atoms. The quantitative estimate of drug-likeness (QED) is 0.505. The van der Waals surface area contributed by atoms with E-state index in [1.54, 1.807) is 0 Å². The molecule has 4 heteroatoms. The van der Waals surface area contributed by atoms with E-state index in [1.165, 1.54) is 39.2 Å². The van der Waals surface area contributed by atoms with Gasteiger partial charge in [0, 0.05) is 17.4 Å². The van der Waals surface area contributed by atoms with Crippen molar-refractivity contribution in [3.8, 4) is 0 Å². The minimum atomic E-state index is -0.381. The van der Waals surface area contributed by atoms with Gasteiger partial charge in [-0.05, 0) is 43.4 Å². The van der Waals surface area contributed by atoms with Crippen LogP contribution in [-0.2, 0) is 4.74 Å². The topological polar surface area (TPSA) is 64.3 Å². The fraction of sp³-hybridized carbons (Fsp3) is 0.588. The fourth-order valence-corrected chi connectivity index (χ4v) is 3.08. The highest BCUT2D eigenvalue weighted by Crippen LogP contribution is 2.29. The van der Waals surface area contributed by atoms with E-state index in [0.29, 0.717) is 23.2 Å². The van der Waals surface area contributed by atoms with Crippen molar-refractivity contribution in [3.63, 3.8) is 0 Å². The van der Waals surface area contributed by atoms with Crippen molar-refractivity contribution < 1.29 is 9.53 Å². The molecule has 1 aliphatic carbocycles. The second-order valence-corrected chi connectivity index (χ2v) is 6.11. The summed E-state index contributed by atoms with van der Waals surface area (Å²) in [7, 11) is 1.38. The predicted octanol–water partition coefficient (Wildman–Crippen LogP) is 3.74. The van der Waals surface area contributed by atoms with Crippen LogP contribution in [0.1, 0.15) is 54.9 Å². The minimum absolute atomic E-state index is 0.381. The number of nitrogens with two attached hydrogens (primary N) is 1. The molecule has 0 aliphatic heterocycles. The third-order valence-corrected chi connectivity index (χ3v) is 4.51. The Morgan fingerprint density at radius 1 is 1.29 bits per heavy atom.